The fourth-order valence-electron chi connectivity index (χ4n) is 2.50. The van der Waals surface area contributed by atoms with E-state index in [1.54, 1.807) is 14.2 Å². The molecule has 110 valence electrons. The van der Waals surface area contributed by atoms with E-state index >= 15 is 0 Å². The van der Waals surface area contributed by atoms with Crippen LogP contribution in [0.4, 0.5) is 0 Å². The van der Waals surface area contributed by atoms with Crippen molar-refractivity contribution in [2.75, 3.05) is 14.2 Å². The van der Waals surface area contributed by atoms with Gasteiger partial charge in [-0.3, -0.25) is 4.98 Å². The summed E-state index contributed by atoms with van der Waals surface area (Å²) in [5.74, 6) is 1.67. The monoisotopic (exact) mass is 291 g/mol. The quantitative estimate of drug-likeness (QED) is 0.712. The molecular weight excluding hydrogens is 274 g/mol. The summed E-state index contributed by atoms with van der Waals surface area (Å²) in [5.41, 5.74) is 4.07. The molecular formula is C19H17NO2. The van der Waals surface area contributed by atoms with Gasteiger partial charge in [0.2, 0.25) is 0 Å². The van der Waals surface area contributed by atoms with E-state index in [1.165, 1.54) is 0 Å². The fraction of sp³-hybridized carbons (Fsp3) is 0.105. The van der Waals surface area contributed by atoms with Crippen molar-refractivity contribution in [3.63, 3.8) is 0 Å². The Balaban J connectivity index is 2.10. The third-order valence-electron chi connectivity index (χ3n) is 3.57. The first-order valence-corrected chi connectivity index (χ1v) is 7.05. The number of hydrogen-bond donors (Lipinski definition) is 0. The number of hydrogen-bond acceptors (Lipinski definition) is 3. The van der Waals surface area contributed by atoms with E-state index in [0.29, 0.717) is 0 Å². The predicted octanol–water partition coefficient (Wildman–Crippen LogP) is 4.43. The van der Waals surface area contributed by atoms with Crippen LogP contribution in [-0.4, -0.2) is 19.2 Å². The SMILES string of the molecule is COc1ccccc1-c1cncc(-c2ccccc2OC)c1. The number of nitrogens with zero attached hydrogens (tertiary/aromatic N) is 1. The van der Waals surface area contributed by atoms with E-state index in [0.717, 1.165) is 33.8 Å². The van der Waals surface area contributed by atoms with Crippen LogP contribution >= 0.6 is 0 Å². The van der Waals surface area contributed by atoms with E-state index in [1.807, 2.05) is 60.9 Å². The summed E-state index contributed by atoms with van der Waals surface area (Å²) in [6, 6.07) is 18.0. The Kier molecular flexibility index (Phi) is 4.05. The van der Waals surface area contributed by atoms with Gasteiger partial charge in [0, 0.05) is 34.6 Å². The Morgan fingerprint density at radius 3 is 1.59 bits per heavy atom. The Hall–Kier alpha value is -2.81. The zero-order chi connectivity index (χ0) is 15.4. The molecule has 22 heavy (non-hydrogen) atoms. The average molecular weight is 291 g/mol. The van der Waals surface area contributed by atoms with Gasteiger partial charge in [0.15, 0.2) is 0 Å². The molecule has 3 aromatic rings. The molecule has 0 unspecified atom stereocenters. The Morgan fingerprint density at radius 1 is 0.682 bits per heavy atom. The molecule has 0 aliphatic rings. The molecule has 0 N–H and O–H groups in total. The van der Waals surface area contributed by atoms with Crippen molar-refractivity contribution < 1.29 is 9.47 Å². The van der Waals surface area contributed by atoms with Crippen LogP contribution in [0.2, 0.25) is 0 Å². The Labute approximate surface area is 130 Å². The number of methoxy groups -OCH3 is 2. The molecule has 3 heteroatoms. The molecule has 0 aliphatic heterocycles. The number of para-hydroxylation sites is 2. The number of rotatable bonds is 4. The Bertz CT molecular complexity index is 721. The van der Waals surface area contributed by atoms with Crippen molar-refractivity contribution >= 4 is 0 Å². The smallest absolute Gasteiger partial charge is 0.126 e. The van der Waals surface area contributed by atoms with Crippen LogP contribution in [0.1, 0.15) is 0 Å². The topological polar surface area (TPSA) is 31.4 Å². The third-order valence-corrected chi connectivity index (χ3v) is 3.57. The lowest BCUT2D eigenvalue weighted by atomic mass is 10.0. The Morgan fingerprint density at radius 2 is 1.14 bits per heavy atom. The van der Waals surface area contributed by atoms with Gasteiger partial charge >= 0.3 is 0 Å². The van der Waals surface area contributed by atoms with Crippen LogP contribution in [0.15, 0.2) is 67.0 Å². The van der Waals surface area contributed by atoms with Crippen molar-refractivity contribution in [2.24, 2.45) is 0 Å². The van der Waals surface area contributed by atoms with Gasteiger partial charge < -0.3 is 9.47 Å². The fourth-order valence-corrected chi connectivity index (χ4v) is 2.50. The normalized spacial score (nSPS) is 10.3. The van der Waals surface area contributed by atoms with Gasteiger partial charge in [0.05, 0.1) is 14.2 Å². The van der Waals surface area contributed by atoms with Crippen molar-refractivity contribution in [3.05, 3.63) is 67.0 Å². The molecule has 0 amide bonds. The minimum atomic E-state index is 0.835. The van der Waals surface area contributed by atoms with E-state index in [2.05, 4.69) is 11.1 Å². The van der Waals surface area contributed by atoms with E-state index < -0.39 is 0 Å². The largest absolute Gasteiger partial charge is 0.496 e. The highest BCUT2D eigenvalue weighted by molar-refractivity contribution is 5.77. The van der Waals surface area contributed by atoms with Gasteiger partial charge in [-0.15, -0.1) is 0 Å². The molecule has 0 radical (unpaired) electrons. The first-order valence-electron chi connectivity index (χ1n) is 7.05. The highest BCUT2D eigenvalue weighted by atomic mass is 16.5. The summed E-state index contributed by atoms with van der Waals surface area (Å²) >= 11 is 0. The molecule has 0 fully saturated rings. The van der Waals surface area contributed by atoms with Crippen molar-refractivity contribution in [1.29, 1.82) is 0 Å². The first-order chi connectivity index (χ1) is 10.8. The minimum Gasteiger partial charge on any atom is -0.496 e. The van der Waals surface area contributed by atoms with E-state index in [-0.39, 0.29) is 0 Å². The number of aromatic nitrogens is 1. The molecule has 0 saturated heterocycles. The molecule has 0 spiro atoms. The standard InChI is InChI=1S/C19H17NO2/c1-21-18-9-5-3-7-16(18)14-11-15(13-20-12-14)17-8-4-6-10-19(17)22-2/h3-13H,1-2H3. The molecule has 1 aromatic heterocycles. The molecule has 3 rings (SSSR count). The lowest BCUT2D eigenvalue weighted by Gasteiger charge is -2.11. The van der Waals surface area contributed by atoms with Crippen LogP contribution < -0.4 is 9.47 Å². The van der Waals surface area contributed by atoms with Crippen LogP contribution in [0.25, 0.3) is 22.3 Å². The highest BCUT2D eigenvalue weighted by Crippen LogP contribution is 2.34. The van der Waals surface area contributed by atoms with Gasteiger partial charge in [0.1, 0.15) is 11.5 Å². The summed E-state index contributed by atoms with van der Waals surface area (Å²) in [6.07, 6.45) is 3.69. The van der Waals surface area contributed by atoms with Gasteiger partial charge in [-0.05, 0) is 18.2 Å². The van der Waals surface area contributed by atoms with Gasteiger partial charge in [-0.2, -0.15) is 0 Å². The van der Waals surface area contributed by atoms with E-state index in [4.69, 9.17) is 9.47 Å². The maximum absolute atomic E-state index is 5.44. The molecule has 0 aliphatic carbocycles. The third kappa shape index (κ3) is 2.66. The number of ether oxygens (including phenoxy) is 2. The molecule has 0 atom stereocenters. The average Bonchev–Trinajstić information content (AvgIpc) is 2.61. The zero-order valence-electron chi connectivity index (χ0n) is 12.6. The van der Waals surface area contributed by atoms with Crippen LogP contribution in [0.3, 0.4) is 0 Å². The second-order valence-corrected chi connectivity index (χ2v) is 4.86. The van der Waals surface area contributed by atoms with Crippen LogP contribution in [-0.2, 0) is 0 Å². The maximum Gasteiger partial charge on any atom is 0.126 e. The minimum absolute atomic E-state index is 0.835. The van der Waals surface area contributed by atoms with E-state index in [9.17, 15) is 0 Å². The second-order valence-electron chi connectivity index (χ2n) is 4.86. The molecule has 0 bridgehead atoms. The summed E-state index contributed by atoms with van der Waals surface area (Å²) in [4.78, 5) is 4.38. The van der Waals surface area contributed by atoms with Gasteiger partial charge in [-0.25, -0.2) is 0 Å². The van der Waals surface area contributed by atoms with Gasteiger partial charge in [-0.1, -0.05) is 36.4 Å². The first kappa shape index (κ1) is 14.1. The van der Waals surface area contributed by atoms with Crippen molar-refractivity contribution in [3.8, 4) is 33.8 Å². The number of benzene rings is 2. The lowest BCUT2D eigenvalue weighted by molar-refractivity contribution is 0.416. The summed E-state index contributed by atoms with van der Waals surface area (Å²) < 4.78 is 10.9. The lowest BCUT2D eigenvalue weighted by Crippen LogP contribution is -1.91. The summed E-state index contributed by atoms with van der Waals surface area (Å²) in [6.45, 7) is 0. The van der Waals surface area contributed by atoms with Crippen LogP contribution in [0.5, 0.6) is 11.5 Å². The second kappa shape index (κ2) is 6.31. The summed E-state index contributed by atoms with van der Waals surface area (Å²) in [5, 5.41) is 0. The van der Waals surface area contributed by atoms with Crippen molar-refractivity contribution in [2.45, 2.75) is 0 Å². The highest BCUT2D eigenvalue weighted by Gasteiger charge is 2.09. The zero-order valence-corrected chi connectivity index (χ0v) is 12.6. The molecule has 1 heterocycles. The predicted molar refractivity (Wildman–Crippen MR) is 88.2 cm³/mol. The molecule has 2 aromatic carbocycles. The molecule has 3 nitrogen and oxygen atoms in total. The molecule has 0 saturated carbocycles. The summed E-state index contributed by atoms with van der Waals surface area (Å²) in [7, 11) is 3.35. The van der Waals surface area contributed by atoms with Crippen molar-refractivity contribution in [1.82, 2.24) is 4.98 Å². The van der Waals surface area contributed by atoms with Crippen LogP contribution in [0, 0.1) is 0 Å². The maximum atomic E-state index is 5.44. The van der Waals surface area contributed by atoms with Gasteiger partial charge in [0.25, 0.3) is 0 Å². The number of pyridine rings is 1.